The molecule has 132 valence electrons. The van der Waals surface area contributed by atoms with E-state index >= 15 is 0 Å². The van der Waals surface area contributed by atoms with Crippen molar-refractivity contribution in [2.75, 3.05) is 18.2 Å². The Bertz CT molecular complexity index is 924. The van der Waals surface area contributed by atoms with E-state index < -0.39 is 15.7 Å². The Morgan fingerprint density at radius 2 is 1.84 bits per heavy atom. The van der Waals surface area contributed by atoms with Gasteiger partial charge in [-0.1, -0.05) is 23.7 Å². The number of ether oxygens (including phenoxy) is 1. The molecule has 2 aromatic rings. The van der Waals surface area contributed by atoms with Crippen LogP contribution in [0.1, 0.15) is 17.3 Å². The number of ketones is 1. The minimum atomic E-state index is -3.48. The number of hydrogen-bond acceptors (Lipinski definition) is 5. The van der Waals surface area contributed by atoms with E-state index in [0.29, 0.717) is 5.02 Å². The number of nitrogens with one attached hydrogen (secondary N) is 1. The molecule has 0 saturated carbocycles. The van der Waals surface area contributed by atoms with Gasteiger partial charge in [-0.15, -0.1) is 0 Å². The molecule has 6 nitrogen and oxygen atoms in total. The Kier molecular flexibility index (Phi) is 5.81. The van der Waals surface area contributed by atoms with Crippen LogP contribution in [0, 0.1) is 0 Å². The number of amides is 1. The Morgan fingerprint density at radius 3 is 2.48 bits per heavy atom. The molecule has 0 heterocycles. The summed E-state index contributed by atoms with van der Waals surface area (Å²) in [7, 11) is -3.48. The van der Waals surface area contributed by atoms with Crippen molar-refractivity contribution in [3.8, 4) is 5.75 Å². The molecule has 0 bridgehead atoms. The Hall–Kier alpha value is -2.38. The maximum atomic E-state index is 12.1. The van der Waals surface area contributed by atoms with Crippen molar-refractivity contribution in [1.82, 2.24) is 0 Å². The van der Waals surface area contributed by atoms with Crippen LogP contribution in [0.5, 0.6) is 5.75 Å². The predicted molar refractivity (Wildman–Crippen MR) is 95.1 cm³/mol. The lowest BCUT2D eigenvalue weighted by Crippen LogP contribution is -2.22. The zero-order valence-electron chi connectivity index (χ0n) is 13.6. The lowest BCUT2D eigenvalue weighted by atomic mass is 10.1. The standard InChI is InChI=1S/C17H16ClNO5S/c1-11(20)13-9-12(18)7-8-15(13)24-10-17(21)19-14-5-3-4-6-16(14)25(2,22)23/h3-9H,10H2,1-2H3,(H,19,21). The summed E-state index contributed by atoms with van der Waals surface area (Å²) < 4.78 is 28.8. The van der Waals surface area contributed by atoms with Crippen LogP contribution < -0.4 is 10.1 Å². The first-order valence-electron chi connectivity index (χ1n) is 7.20. The molecule has 2 rings (SSSR count). The second kappa shape index (κ2) is 7.67. The van der Waals surface area contributed by atoms with E-state index in [1.54, 1.807) is 18.2 Å². The molecule has 2 aromatic carbocycles. The average molecular weight is 382 g/mol. The third-order valence-corrected chi connectivity index (χ3v) is 4.63. The molecule has 0 spiro atoms. The maximum absolute atomic E-state index is 12.1. The molecule has 8 heteroatoms. The number of carbonyl (C=O) groups excluding carboxylic acids is 2. The molecular weight excluding hydrogens is 366 g/mol. The largest absolute Gasteiger partial charge is 0.483 e. The fraction of sp³-hybridized carbons (Fsp3) is 0.176. The molecule has 0 fully saturated rings. The third kappa shape index (κ3) is 5.04. The summed E-state index contributed by atoms with van der Waals surface area (Å²) in [6.07, 6.45) is 1.06. The topological polar surface area (TPSA) is 89.5 Å². The van der Waals surface area contributed by atoms with Gasteiger partial charge in [0.2, 0.25) is 0 Å². The zero-order chi connectivity index (χ0) is 18.6. The van der Waals surface area contributed by atoms with Crippen LogP contribution in [0.4, 0.5) is 5.69 Å². The third-order valence-electron chi connectivity index (χ3n) is 3.24. The van der Waals surface area contributed by atoms with Crippen LogP contribution in [-0.4, -0.2) is 33.0 Å². The van der Waals surface area contributed by atoms with E-state index in [1.165, 1.54) is 31.2 Å². The summed E-state index contributed by atoms with van der Waals surface area (Å²) in [6, 6.07) is 10.6. The van der Waals surface area contributed by atoms with Crippen LogP contribution in [0.15, 0.2) is 47.4 Å². The van der Waals surface area contributed by atoms with E-state index in [0.717, 1.165) is 6.26 Å². The van der Waals surface area contributed by atoms with E-state index in [9.17, 15) is 18.0 Å². The van der Waals surface area contributed by atoms with Gasteiger partial charge in [-0.3, -0.25) is 9.59 Å². The molecule has 0 saturated heterocycles. The highest BCUT2D eigenvalue weighted by molar-refractivity contribution is 7.90. The number of benzene rings is 2. The Labute approximate surface area is 150 Å². The van der Waals surface area contributed by atoms with Crippen molar-refractivity contribution in [2.45, 2.75) is 11.8 Å². The first-order valence-corrected chi connectivity index (χ1v) is 9.47. The van der Waals surface area contributed by atoms with Crippen molar-refractivity contribution in [1.29, 1.82) is 0 Å². The fourth-order valence-corrected chi connectivity index (χ4v) is 3.14. The van der Waals surface area contributed by atoms with Crippen molar-refractivity contribution in [3.05, 3.63) is 53.1 Å². The average Bonchev–Trinajstić information content (AvgIpc) is 2.53. The first kappa shape index (κ1) is 19.0. The molecule has 0 aliphatic carbocycles. The van der Waals surface area contributed by atoms with Crippen molar-refractivity contribution < 1.29 is 22.7 Å². The molecule has 0 radical (unpaired) electrons. The minimum Gasteiger partial charge on any atom is -0.483 e. The molecule has 0 atom stereocenters. The monoisotopic (exact) mass is 381 g/mol. The van der Waals surface area contributed by atoms with Crippen LogP contribution in [0.3, 0.4) is 0 Å². The predicted octanol–water partition coefficient (Wildman–Crippen LogP) is 2.96. The van der Waals surface area contributed by atoms with Crippen LogP contribution in [0.25, 0.3) is 0 Å². The summed E-state index contributed by atoms with van der Waals surface area (Å²) >= 11 is 5.85. The highest BCUT2D eigenvalue weighted by Gasteiger charge is 2.16. The van der Waals surface area contributed by atoms with Gasteiger partial charge in [-0.05, 0) is 37.3 Å². The van der Waals surface area contributed by atoms with Crippen molar-refractivity contribution in [3.63, 3.8) is 0 Å². The van der Waals surface area contributed by atoms with Gasteiger partial charge >= 0.3 is 0 Å². The number of rotatable bonds is 6. The van der Waals surface area contributed by atoms with E-state index in [1.807, 2.05) is 0 Å². The summed E-state index contributed by atoms with van der Waals surface area (Å²) in [5.74, 6) is -0.579. The fourth-order valence-electron chi connectivity index (χ4n) is 2.13. The smallest absolute Gasteiger partial charge is 0.262 e. The molecule has 0 aliphatic rings. The van der Waals surface area contributed by atoms with E-state index in [4.69, 9.17) is 16.3 Å². The normalized spacial score (nSPS) is 11.0. The van der Waals surface area contributed by atoms with Gasteiger partial charge < -0.3 is 10.1 Å². The summed E-state index contributed by atoms with van der Waals surface area (Å²) in [5, 5.41) is 2.87. The molecule has 0 aliphatic heterocycles. The van der Waals surface area contributed by atoms with Crippen LogP contribution in [-0.2, 0) is 14.6 Å². The van der Waals surface area contributed by atoms with Crippen molar-refractivity contribution >= 4 is 38.8 Å². The molecular formula is C17H16ClNO5S. The Balaban J connectivity index is 2.12. The number of hydrogen-bond donors (Lipinski definition) is 1. The van der Waals surface area contributed by atoms with Gasteiger partial charge in [0.05, 0.1) is 16.1 Å². The lowest BCUT2D eigenvalue weighted by molar-refractivity contribution is -0.118. The number of sulfone groups is 1. The second-order valence-corrected chi connectivity index (χ2v) is 7.72. The molecule has 0 aromatic heterocycles. The van der Waals surface area contributed by atoms with Gasteiger partial charge in [0.1, 0.15) is 5.75 Å². The number of Topliss-reactive ketones (excluding diaryl/α,β-unsaturated/α-hetero) is 1. The molecule has 1 amide bonds. The van der Waals surface area contributed by atoms with Crippen molar-refractivity contribution in [2.24, 2.45) is 0 Å². The maximum Gasteiger partial charge on any atom is 0.262 e. The Morgan fingerprint density at radius 1 is 1.16 bits per heavy atom. The number of para-hydroxylation sites is 1. The lowest BCUT2D eigenvalue weighted by Gasteiger charge is -2.12. The molecule has 25 heavy (non-hydrogen) atoms. The SMILES string of the molecule is CC(=O)c1cc(Cl)ccc1OCC(=O)Nc1ccccc1S(C)(=O)=O. The van der Waals surface area contributed by atoms with E-state index in [2.05, 4.69) is 5.32 Å². The summed E-state index contributed by atoms with van der Waals surface area (Å²) in [4.78, 5) is 23.7. The summed E-state index contributed by atoms with van der Waals surface area (Å²) in [5.41, 5.74) is 0.429. The number of carbonyl (C=O) groups is 2. The van der Waals surface area contributed by atoms with Gasteiger partial charge in [0, 0.05) is 11.3 Å². The molecule has 0 unspecified atom stereocenters. The molecule has 1 N–H and O–H groups in total. The van der Waals surface area contributed by atoms with Crippen LogP contribution >= 0.6 is 11.6 Å². The minimum absolute atomic E-state index is 0.0132. The van der Waals surface area contributed by atoms with Gasteiger partial charge in [0.25, 0.3) is 5.91 Å². The zero-order valence-corrected chi connectivity index (χ0v) is 15.1. The quantitative estimate of drug-likeness (QED) is 0.777. The van der Waals surface area contributed by atoms with Gasteiger partial charge in [0.15, 0.2) is 22.2 Å². The van der Waals surface area contributed by atoms with Crippen LogP contribution in [0.2, 0.25) is 5.02 Å². The first-order chi connectivity index (χ1) is 11.7. The number of anilines is 1. The highest BCUT2D eigenvalue weighted by Crippen LogP contribution is 2.24. The van der Waals surface area contributed by atoms with Gasteiger partial charge in [-0.2, -0.15) is 0 Å². The van der Waals surface area contributed by atoms with E-state index in [-0.39, 0.29) is 34.3 Å². The summed E-state index contributed by atoms with van der Waals surface area (Å²) in [6.45, 7) is 0.973. The van der Waals surface area contributed by atoms with Gasteiger partial charge in [-0.25, -0.2) is 8.42 Å². The second-order valence-electron chi connectivity index (χ2n) is 5.30. The highest BCUT2D eigenvalue weighted by atomic mass is 35.5. The number of halogens is 1.